The number of rotatable bonds is 17. The average Bonchev–Trinajstić information content (AvgIpc) is 1.63. The van der Waals surface area contributed by atoms with Gasteiger partial charge in [0, 0.05) is 157 Å². The smallest absolute Gasteiger partial charge is 0.263 e. The summed E-state index contributed by atoms with van der Waals surface area (Å²) in [6.07, 6.45) is 17.5. The van der Waals surface area contributed by atoms with Gasteiger partial charge in [-0.3, -0.25) is 4.79 Å². The van der Waals surface area contributed by atoms with Crippen molar-refractivity contribution in [2.45, 2.75) is 151 Å². The van der Waals surface area contributed by atoms with Crippen LogP contribution in [0.2, 0.25) is 0 Å². The number of alkyl halides is 6. The molecule has 1 fully saturated rings. The molecule has 18 nitrogen and oxygen atoms in total. The van der Waals surface area contributed by atoms with E-state index in [1.807, 2.05) is 89.1 Å². The number of nitrogens with zero attached hydrogens (tertiary/aromatic N) is 6. The number of allylic oxidation sites excluding steroid dienone is 6. The lowest BCUT2D eigenvalue weighted by Crippen LogP contribution is -2.58. The lowest BCUT2D eigenvalue weighted by Gasteiger charge is -2.55. The van der Waals surface area contributed by atoms with Crippen molar-refractivity contribution in [3.05, 3.63) is 219 Å². The van der Waals surface area contributed by atoms with Crippen LogP contribution in [0.25, 0.3) is 49.2 Å². The van der Waals surface area contributed by atoms with Gasteiger partial charge in [-0.2, -0.15) is 4.57 Å². The normalized spacial score (nSPS) is 20.8. The second-order valence-electron chi connectivity index (χ2n) is 29.4. The van der Waals surface area contributed by atoms with E-state index in [-0.39, 0.29) is 90.7 Å². The quantitative estimate of drug-likeness (QED) is 0.0247. The number of nitrogens with one attached hydrogen (secondary N) is 4. The number of aliphatic hydroxyl groups is 1. The van der Waals surface area contributed by atoms with E-state index in [9.17, 15) is 31.8 Å². The number of hydrogen-bond acceptors (Lipinski definition) is 20. The molecule has 2 aromatic heterocycles. The van der Waals surface area contributed by atoms with Crippen LogP contribution < -0.4 is 35.8 Å². The molecule has 0 bridgehead atoms. The van der Waals surface area contributed by atoms with Gasteiger partial charge in [-0.1, -0.05) is 185 Å². The number of benzene rings is 7. The molecular formula is C87H100Br3Cl6N10O8S6-. The molecule has 5 N–H and O–H groups in total. The van der Waals surface area contributed by atoms with Crippen LogP contribution in [0.15, 0.2) is 206 Å². The fraction of sp³-hybridized carbons (Fsp3) is 0.368. The summed E-state index contributed by atoms with van der Waals surface area (Å²) in [5, 5.41) is 48.8. The minimum Gasteiger partial charge on any atom is -1.00 e. The van der Waals surface area contributed by atoms with Crippen LogP contribution in [0.3, 0.4) is 0 Å². The van der Waals surface area contributed by atoms with Gasteiger partial charge in [-0.05, 0) is 197 Å². The highest BCUT2D eigenvalue weighted by molar-refractivity contribution is 9.93. The molecule has 9 aromatic rings. The highest BCUT2D eigenvalue weighted by Crippen LogP contribution is 2.54. The van der Waals surface area contributed by atoms with Crippen LogP contribution in [0, 0.1) is 5.92 Å². The van der Waals surface area contributed by atoms with E-state index < -0.39 is 51.3 Å². The Balaban J connectivity index is 0.000000205. The van der Waals surface area contributed by atoms with Crippen LogP contribution in [0.1, 0.15) is 115 Å². The number of halogens is 9. The largest absolute Gasteiger partial charge is 1.00 e. The van der Waals surface area contributed by atoms with Crippen molar-refractivity contribution in [2.75, 3.05) is 84.0 Å². The summed E-state index contributed by atoms with van der Waals surface area (Å²) in [6, 6.07) is 44.5. The van der Waals surface area contributed by atoms with E-state index in [2.05, 4.69) is 238 Å². The Morgan fingerprint density at radius 2 is 1.19 bits per heavy atom. The summed E-state index contributed by atoms with van der Waals surface area (Å²) in [4.78, 5) is 30.2. The first-order chi connectivity index (χ1) is 56.6. The average molecular weight is 2060 g/mol. The van der Waals surface area contributed by atoms with Gasteiger partial charge in [0.2, 0.25) is 19.0 Å². The first-order valence-electron chi connectivity index (χ1n) is 38.6. The van der Waals surface area contributed by atoms with Gasteiger partial charge in [0.15, 0.2) is 37.1 Å². The maximum absolute atomic E-state index is 14.0. The number of aryl methyl sites for hydroxylation is 1. The highest BCUT2D eigenvalue weighted by atomic mass is 80.9. The number of sulfone groups is 2. The molecule has 646 valence electrons. The Labute approximate surface area is 779 Å². The number of aliphatic hydroxyl groups excluding tert-OH is 1. The van der Waals surface area contributed by atoms with E-state index in [0.717, 1.165) is 79.3 Å². The van der Waals surface area contributed by atoms with Crippen molar-refractivity contribution in [3.63, 3.8) is 0 Å². The van der Waals surface area contributed by atoms with Crippen molar-refractivity contribution >= 4 is 253 Å². The Bertz CT molecular complexity index is 5330. The summed E-state index contributed by atoms with van der Waals surface area (Å²) in [5.74, 6) is -0.484. The Morgan fingerprint density at radius 3 is 1.66 bits per heavy atom. The third kappa shape index (κ3) is 24.4. The predicted octanol–water partition coefficient (Wildman–Crippen LogP) is 22.5. The predicted molar refractivity (Wildman–Crippen MR) is 522 cm³/mol. The van der Waals surface area contributed by atoms with Gasteiger partial charge >= 0.3 is 0 Å². The Kier molecular flexibility index (Phi) is 36.1. The number of anilines is 5. The topological polar surface area (TPSA) is 235 Å². The van der Waals surface area contributed by atoms with Gasteiger partial charge in [-0.25, -0.2) is 31.8 Å². The molecule has 33 heteroatoms. The molecule has 0 saturated heterocycles. The highest BCUT2D eigenvalue weighted by Gasteiger charge is 2.46. The zero-order valence-electron chi connectivity index (χ0n) is 69.1. The fourth-order valence-electron chi connectivity index (χ4n) is 14.6. The molecule has 15 rings (SSSR count). The Morgan fingerprint density at radius 1 is 0.700 bits per heavy atom. The van der Waals surface area contributed by atoms with Crippen molar-refractivity contribution in [1.29, 1.82) is 0 Å². The standard InChI is InChI=1S/C32H35N4O2.C32H35N2S4.C11H5Cl6N3.C8H14O5S2.C4H9NO.Br2.BrH.H/c1-15-17(3)35-25-13-11-21(19-7-5-9-23(33-15)27(19)25)29-31(37)30(32(29)38)22-12-14-26-28-20(22)8-6-10-24(28)34-16(2)18(4)36-26;1-5-33-27-19-25(35-3)11-13-29(27)37-31(33)17-21-7-9-23-10-8-22(16-24(23)15-21)18-32-34(6-2)28-20-26(36-4)12-14-30(28)38-32;12-10(13,14)8-18-7(6-4-2-1-3-5-6)19-9(20-8)11(15,16)17;1-3-14(9,10)7-5-13-6-8-15(11,12)4-2;1-4(6)5(2)3;1-2;;/h5-18,29-37H,1-4H3;11-20,23H,5-10H2,1-4H3;1-5H;3-4H,1-2,5-8H2;1-3H3;;1H;/q-1;+1;;;;;;-1. The number of thioether (sulfide) groups is 3. The zero-order chi connectivity index (χ0) is 86.6. The molecule has 6 aliphatic rings. The molecule has 0 radical (unpaired) electrons. The molecule has 3 aliphatic carbocycles. The van der Waals surface area contributed by atoms with E-state index >= 15 is 0 Å². The molecule has 120 heavy (non-hydrogen) atoms. The number of aromatic nitrogens is 4. The van der Waals surface area contributed by atoms with Gasteiger partial charge in [0.25, 0.3) is 5.01 Å². The molecule has 1 amide bonds. The lowest BCUT2D eigenvalue weighted by atomic mass is 9.62. The van der Waals surface area contributed by atoms with Crippen molar-refractivity contribution < 1.29 is 42.6 Å². The molecule has 7 atom stereocenters. The maximum atomic E-state index is 14.0. The second kappa shape index (κ2) is 43.9. The summed E-state index contributed by atoms with van der Waals surface area (Å²) in [6.45, 7) is 22.9. The summed E-state index contributed by atoms with van der Waals surface area (Å²) >= 11 is 47.7. The zero-order valence-corrected chi connectivity index (χ0v) is 82.5. The van der Waals surface area contributed by atoms with E-state index in [4.69, 9.17) is 74.3 Å². The summed E-state index contributed by atoms with van der Waals surface area (Å²) in [7, 11) is -3.09. The van der Waals surface area contributed by atoms with E-state index in [1.165, 1.54) is 94.9 Å². The number of carbonyl (C=O) groups is 1. The monoisotopic (exact) mass is 2050 g/mol. The van der Waals surface area contributed by atoms with Crippen LogP contribution in [-0.4, -0.2) is 142 Å². The maximum Gasteiger partial charge on any atom is 0.263 e. The summed E-state index contributed by atoms with van der Waals surface area (Å²) in [5.41, 5.74) is 14.0. The van der Waals surface area contributed by atoms with Crippen molar-refractivity contribution in [1.82, 2.24) is 19.9 Å². The fourth-order valence-corrected chi connectivity index (χ4v) is 19.4. The third-order valence-electron chi connectivity index (χ3n) is 21.5. The van der Waals surface area contributed by atoms with E-state index in [0.29, 0.717) is 11.5 Å². The minimum atomic E-state index is -3.27. The molecule has 1 saturated carbocycles. The first-order valence-corrected chi connectivity index (χ1v) is 52.1. The molecule has 7 aromatic carbocycles. The lowest BCUT2D eigenvalue weighted by molar-refractivity contribution is -0.665. The van der Waals surface area contributed by atoms with Gasteiger partial charge < -0.3 is 47.4 Å². The van der Waals surface area contributed by atoms with Crippen LogP contribution >= 0.6 is 161 Å². The Hall–Kier alpha value is -5.12. The molecule has 3 aliphatic heterocycles. The molecule has 7 unspecified atom stereocenters. The third-order valence-corrected chi connectivity index (χ3v) is 28.7. The van der Waals surface area contributed by atoms with Crippen LogP contribution in [0.4, 0.5) is 28.4 Å². The minimum absolute atomic E-state index is 0. The van der Waals surface area contributed by atoms with Crippen molar-refractivity contribution in [2.24, 2.45) is 5.92 Å². The van der Waals surface area contributed by atoms with Gasteiger partial charge in [0.1, 0.15) is 11.2 Å². The van der Waals surface area contributed by atoms with Gasteiger partial charge in [0.05, 0.1) is 41.5 Å². The number of ether oxygens (including phenoxy) is 1. The molecule has 5 heterocycles. The summed E-state index contributed by atoms with van der Waals surface area (Å²) < 4.78 is 48.6. The molecular weight excluding hydrogens is 1960 g/mol. The van der Waals surface area contributed by atoms with Gasteiger partial charge in [-0.15, -0.1) is 46.6 Å². The van der Waals surface area contributed by atoms with E-state index in [1.54, 1.807) is 26.2 Å². The number of amides is 1. The SMILES string of the molecule is Br.BrBr.C=CS(=O)(=O)CCOCCS(=O)(=O)C=C.CC(=O)N(C)C.CC1Nc2cccc3c(C4C([O-])C(c5ccc6c7c(cccc57)NC(C)C(C)N6)C4O)ccc(c23)NC1C.CCN1C(=CC2=CC3=CC(=Cc4sc5ccc(SC)cc5[n+]4CC)CCC3CC2)Sc2ccc(SC)cc21.ClC(Cl)(Cl)c1nc(-c2ccccc2)nc(C(Cl)(Cl)Cl)n1.[H-]. The van der Waals surface area contributed by atoms with Crippen LogP contribution in [-0.2, 0) is 43.3 Å². The number of fused-ring (bicyclic) bond motifs is 3. The number of thiazole rings is 1. The number of carbonyl (C=O) groups excluding carboxylic acids is 1. The second-order valence-corrected chi connectivity index (χ2v) is 42.0. The first kappa shape index (κ1) is 98.7. The molecule has 0 spiro atoms. The van der Waals surface area contributed by atoms with Crippen LogP contribution in [0.5, 0.6) is 0 Å². The number of hydrogen-bond donors (Lipinski definition) is 5. The van der Waals surface area contributed by atoms with Crippen molar-refractivity contribution in [3.8, 4) is 11.4 Å².